The molecule has 0 amide bonds. The second-order valence-corrected chi connectivity index (χ2v) is 10.2. The minimum absolute atomic E-state index is 0.997. The lowest BCUT2D eigenvalue weighted by Crippen LogP contribution is -2.03. The summed E-state index contributed by atoms with van der Waals surface area (Å²) in [5, 5.41) is 0. The highest BCUT2D eigenvalue weighted by Gasteiger charge is 1.95. The van der Waals surface area contributed by atoms with Gasteiger partial charge < -0.3 is 9.47 Å². The summed E-state index contributed by atoms with van der Waals surface area (Å²) in [6.07, 6.45) is 10.8. The fraction of sp³-hybridized carbons (Fsp3) is 1.00. The Balaban J connectivity index is 2.00. The molecule has 0 aliphatic carbocycles. The van der Waals surface area contributed by atoms with Gasteiger partial charge in [-0.1, -0.05) is 0 Å². The van der Waals surface area contributed by atoms with Crippen LogP contribution in [-0.4, -0.2) is 75.7 Å². The first-order valence-corrected chi connectivity index (χ1v) is 12.6. The van der Waals surface area contributed by atoms with Crippen LogP contribution in [0, 0.1) is 0 Å². The number of hydrogen-bond acceptors (Lipinski definition) is 2. The van der Waals surface area contributed by atoms with E-state index in [1.54, 1.807) is 0 Å². The Bertz CT molecular complexity index is 97.1. The Morgan fingerprint density at radius 2 is 0.667 bits per heavy atom. The largest absolute Gasteiger partial charge is 0.381 e. The predicted octanol–water partition coefficient (Wildman–Crippen LogP) is 2.75. The van der Waals surface area contributed by atoms with E-state index in [2.05, 4.69) is 0 Å². The van der Waals surface area contributed by atoms with Crippen LogP contribution < -0.4 is 0 Å². The van der Waals surface area contributed by atoms with Crippen LogP contribution in [0.5, 0.6) is 0 Å². The molecule has 1 heterocycles. The summed E-state index contributed by atoms with van der Waals surface area (Å²) in [7, 11) is 4.45. The molecule has 2 nitrogen and oxygen atoms in total. The van der Waals surface area contributed by atoms with E-state index < -0.39 is 0 Å². The summed E-state index contributed by atoms with van der Waals surface area (Å²) in [4.78, 5) is 0. The van der Waals surface area contributed by atoms with Crippen LogP contribution in [-0.2, 0) is 9.47 Å². The summed E-state index contributed by atoms with van der Waals surface area (Å²) in [5.41, 5.74) is 0. The summed E-state index contributed by atoms with van der Waals surface area (Å²) in [6, 6.07) is 0. The summed E-state index contributed by atoms with van der Waals surface area (Å²) in [6.45, 7) is 3.99. The highest BCUT2D eigenvalue weighted by atomic mass is 31.1. The van der Waals surface area contributed by atoms with Gasteiger partial charge in [-0.25, -0.2) is 0 Å². The van der Waals surface area contributed by atoms with Crippen molar-refractivity contribution >= 4 is 34.3 Å². The number of rotatable bonds is 0. The zero-order valence-electron chi connectivity index (χ0n) is 11.3. The molecule has 108 valence electrons. The van der Waals surface area contributed by atoms with E-state index in [1.165, 1.54) is 49.3 Å². The first-order valence-electron chi connectivity index (χ1n) is 6.98. The molecule has 0 radical (unpaired) electrons. The molecule has 4 unspecified atom stereocenters. The predicted molar refractivity (Wildman–Crippen MR) is 93.8 cm³/mol. The number of ether oxygens (including phenoxy) is 2. The van der Waals surface area contributed by atoms with Crippen molar-refractivity contribution < 1.29 is 9.47 Å². The van der Waals surface area contributed by atoms with Crippen molar-refractivity contribution in [2.75, 3.05) is 75.7 Å². The van der Waals surface area contributed by atoms with Crippen molar-refractivity contribution in [2.24, 2.45) is 0 Å². The molecule has 0 aromatic carbocycles. The van der Waals surface area contributed by atoms with Crippen molar-refractivity contribution in [3.8, 4) is 0 Å². The first-order chi connectivity index (χ1) is 9.00. The fourth-order valence-corrected chi connectivity index (χ4v) is 6.62. The van der Waals surface area contributed by atoms with E-state index in [9.17, 15) is 0 Å². The molecule has 1 aliphatic rings. The second kappa shape index (κ2) is 15.0. The third kappa shape index (κ3) is 12.7. The van der Waals surface area contributed by atoms with Crippen molar-refractivity contribution in [1.29, 1.82) is 0 Å². The summed E-state index contributed by atoms with van der Waals surface area (Å²) >= 11 is 0. The SMILES string of the molecule is C1CPCCPCCOCCPCCPCCO1. The molecule has 1 aliphatic heterocycles. The van der Waals surface area contributed by atoms with Gasteiger partial charge in [0.15, 0.2) is 0 Å². The van der Waals surface area contributed by atoms with Gasteiger partial charge in [0.1, 0.15) is 0 Å². The lowest BCUT2D eigenvalue weighted by atomic mass is 10.8. The smallest absolute Gasteiger partial charge is 0.0503 e. The summed E-state index contributed by atoms with van der Waals surface area (Å²) in [5.74, 6) is 0. The molecular formula is C12H28O2P4. The highest BCUT2D eigenvalue weighted by molar-refractivity contribution is 7.42. The molecule has 0 aromatic heterocycles. The molecule has 0 N–H and O–H groups in total. The highest BCUT2D eigenvalue weighted by Crippen LogP contribution is 2.19. The minimum atomic E-state index is 0.997. The van der Waals surface area contributed by atoms with E-state index in [1.807, 2.05) is 0 Å². The van der Waals surface area contributed by atoms with Gasteiger partial charge in [-0.3, -0.25) is 0 Å². The standard InChI is InChI=1S/C12H28O2P4/c1-5-15-9-10-17-7-3-14-4-8-18-12-11-16-6-2-13-1/h15-18H,1-12H2. The third-order valence-electron chi connectivity index (χ3n) is 2.65. The van der Waals surface area contributed by atoms with E-state index in [-0.39, 0.29) is 0 Å². The van der Waals surface area contributed by atoms with Crippen LogP contribution >= 0.6 is 34.3 Å². The third-order valence-corrected chi connectivity index (χ3v) is 8.29. The average Bonchev–Trinajstić information content (AvgIpc) is 2.39. The topological polar surface area (TPSA) is 18.5 Å². The van der Waals surface area contributed by atoms with Crippen molar-refractivity contribution in [3.63, 3.8) is 0 Å². The normalized spacial score (nSPS) is 29.3. The van der Waals surface area contributed by atoms with Crippen LogP contribution in [0.25, 0.3) is 0 Å². The quantitative estimate of drug-likeness (QED) is 0.637. The maximum absolute atomic E-state index is 5.68. The van der Waals surface area contributed by atoms with Crippen LogP contribution in [0.4, 0.5) is 0 Å². The van der Waals surface area contributed by atoms with E-state index >= 15 is 0 Å². The number of hydrogen-bond donors (Lipinski definition) is 0. The van der Waals surface area contributed by atoms with Crippen molar-refractivity contribution in [3.05, 3.63) is 0 Å². The van der Waals surface area contributed by atoms with E-state index in [0.717, 1.165) is 60.8 Å². The van der Waals surface area contributed by atoms with E-state index in [0.29, 0.717) is 0 Å². The van der Waals surface area contributed by atoms with Gasteiger partial charge >= 0.3 is 0 Å². The Morgan fingerprint density at radius 1 is 0.389 bits per heavy atom. The van der Waals surface area contributed by atoms with Crippen LogP contribution in [0.3, 0.4) is 0 Å². The van der Waals surface area contributed by atoms with Crippen LogP contribution in [0.2, 0.25) is 0 Å². The molecule has 1 rings (SSSR count). The lowest BCUT2D eigenvalue weighted by molar-refractivity contribution is 0.166. The van der Waals surface area contributed by atoms with Gasteiger partial charge in [0.05, 0.1) is 26.4 Å². The fourth-order valence-electron chi connectivity index (χ4n) is 1.64. The Kier molecular flexibility index (Phi) is 14.8. The average molecular weight is 328 g/mol. The van der Waals surface area contributed by atoms with Gasteiger partial charge in [0.2, 0.25) is 0 Å². The lowest BCUT2D eigenvalue weighted by Gasteiger charge is -2.07. The molecule has 1 fully saturated rings. The minimum Gasteiger partial charge on any atom is -0.381 e. The van der Waals surface area contributed by atoms with Crippen molar-refractivity contribution in [2.45, 2.75) is 0 Å². The maximum Gasteiger partial charge on any atom is 0.0503 e. The van der Waals surface area contributed by atoms with Crippen LogP contribution in [0.15, 0.2) is 0 Å². The zero-order chi connectivity index (χ0) is 12.7. The molecule has 0 saturated carbocycles. The van der Waals surface area contributed by atoms with Crippen LogP contribution in [0.1, 0.15) is 0 Å². The van der Waals surface area contributed by atoms with Crippen molar-refractivity contribution in [1.82, 2.24) is 0 Å². The zero-order valence-corrected chi connectivity index (χ0v) is 15.3. The molecule has 6 heteroatoms. The summed E-state index contributed by atoms with van der Waals surface area (Å²) < 4.78 is 11.4. The Hall–Kier alpha value is 1.64. The molecule has 0 spiro atoms. The molecule has 0 bridgehead atoms. The van der Waals surface area contributed by atoms with E-state index in [4.69, 9.17) is 9.47 Å². The monoisotopic (exact) mass is 328 g/mol. The maximum atomic E-state index is 5.68. The molecular weight excluding hydrogens is 300 g/mol. The molecule has 18 heavy (non-hydrogen) atoms. The van der Waals surface area contributed by atoms with Gasteiger partial charge in [-0.05, 0) is 49.3 Å². The molecule has 0 aromatic rings. The molecule has 4 atom stereocenters. The Labute approximate surface area is 120 Å². The van der Waals surface area contributed by atoms with Gasteiger partial charge in [-0.15, -0.1) is 34.3 Å². The molecule has 1 saturated heterocycles. The van der Waals surface area contributed by atoms with Gasteiger partial charge in [0, 0.05) is 0 Å². The first kappa shape index (κ1) is 17.7. The van der Waals surface area contributed by atoms with Gasteiger partial charge in [0.25, 0.3) is 0 Å². The second-order valence-electron chi connectivity index (χ2n) is 4.22. The van der Waals surface area contributed by atoms with Gasteiger partial charge in [-0.2, -0.15) is 0 Å². The Morgan fingerprint density at radius 3 is 0.944 bits per heavy atom.